The van der Waals surface area contributed by atoms with Crippen molar-refractivity contribution in [3.63, 3.8) is 0 Å². The van der Waals surface area contributed by atoms with Crippen LogP contribution < -0.4 is 0 Å². The molecule has 11 heavy (non-hydrogen) atoms. The van der Waals surface area contributed by atoms with E-state index in [1.165, 1.54) is 0 Å². The fourth-order valence-corrected chi connectivity index (χ4v) is 1.26. The Morgan fingerprint density at radius 2 is 2.45 bits per heavy atom. The van der Waals surface area contributed by atoms with E-state index < -0.39 is 0 Å². The second-order valence-corrected chi connectivity index (χ2v) is 2.99. The van der Waals surface area contributed by atoms with Crippen molar-refractivity contribution in [2.75, 3.05) is 19.3 Å². The first kappa shape index (κ1) is 8.68. The molecule has 0 saturated heterocycles. The largest absolute Gasteiger partial charge is 0.468 e. The van der Waals surface area contributed by atoms with Crippen LogP contribution in [-0.4, -0.2) is 24.2 Å². The van der Waals surface area contributed by atoms with E-state index in [4.69, 9.17) is 4.42 Å². The highest BCUT2D eigenvalue weighted by atomic mass is 32.1. The van der Waals surface area contributed by atoms with Crippen LogP contribution in [0.25, 0.3) is 0 Å². The lowest BCUT2D eigenvalue weighted by atomic mass is 10.4. The van der Waals surface area contributed by atoms with Gasteiger partial charge in [-0.25, -0.2) is 0 Å². The number of furan rings is 1. The van der Waals surface area contributed by atoms with Crippen LogP contribution in [-0.2, 0) is 6.54 Å². The quantitative estimate of drug-likeness (QED) is 0.693. The molecule has 1 rings (SSSR count). The van der Waals surface area contributed by atoms with Gasteiger partial charge in [-0.2, -0.15) is 12.6 Å². The van der Waals surface area contributed by atoms with Crippen molar-refractivity contribution in [3.8, 4) is 0 Å². The van der Waals surface area contributed by atoms with Crippen LogP contribution in [0.1, 0.15) is 5.76 Å². The Labute approximate surface area is 72.6 Å². The molecule has 0 bridgehead atoms. The van der Waals surface area contributed by atoms with E-state index in [1.54, 1.807) is 6.26 Å². The third kappa shape index (κ3) is 2.99. The van der Waals surface area contributed by atoms with Crippen molar-refractivity contribution in [3.05, 3.63) is 24.2 Å². The minimum Gasteiger partial charge on any atom is -0.468 e. The second kappa shape index (κ2) is 4.46. The lowest BCUT2D eigenvalue weighted by Gasteiger charge is -2.12. The van der Waals surface area contributed by atoms with E-state index in [0.29, 0.717) is 0 Å². The average Bonchev–Trinajstić information content (AvgIpc) is 2.40. The summed E-state index contributed by atoms with van der Waals surface area (Å²) in [4.78, 5) is 2.17. The fourth-order valence-electron chi connectivity index (χ4n) is 0.918. The van der Waals surface area contributed by atoms with E-state index in [1.807, 2.05) is 12.1 Å². The Morgan fingerprint density at radius 1 is 1.64 bits per heavy atom. The Kier molecular flexibility index (Phi) is 3.52. The Morgan fingerprint density at radius 3 is 3.00 bits per heavy atom. The Bertz CT molecular complexity index is 186. The maximum Gasteiger partial charge on any atom is 0.117 e. The van der Waals surface area contributed by atoms with E-state index in [0.717, 1.165) is 24.6 Å². The first-order valence-corrected chi connectivity index (χ1v) is 4.28. The second-order valence-electron chi connectivity index (χ2n) is 2.54. The molecule has 1 heterocycles. The van der Waals surface area contributed by atoms with Crippen LogP contribution in [0.2, 0.25) is 0 Å². The number of hydrogen-bond donors (Lipinski definition) is 1. The average molecular weight is 171 g/mol. The van der Waals surface area contributed by atoms with Gasteiger partial charge in [-0.1, -0.05) is 0 Å². The molecule has 0 aromatic carbocycles. The highest BCUT2D eigenvalue weighted by Gasteiger charge is 1.99. The van der Waals surface area contributed by atoms with Crippen LogP contribution in [0.4, 0.5) is 0 Å². The highest BCUT2D eigenvalue weighted by Crippen LogP contribution is 2.02. The minimum atomic E-state index is 0.869. The SMILES string of the molecule is CN(CCS)Cc1ccco1. The lowest BCUT2D eigenvalue weighted by molar-refractivity contribution is 0.312. The van der Waals surface area contributed by atoms with Crippen LogP contribution in [0.3, 0.4) is 0 Å². The zero-order valence-corrected chi connectivity index (χ0v) is 7.55. The van der Waals surface area contributed by atoms with Crippen molar-refractivity contribution >= 4 is 12.6 Å². The zero-order chi connectivity index (χ0) is 8.10. The van der Waals surface area contributed by atoms with E-state index in [9.17, 15) is 0 Å². The molecule has 0 aliphatic heterocycles. The van der Waals surface area contributed by atoms with E-state index in [-0.39, 0.29) is 0 Å². The molecule has 62 valence electrons. The molecular formula is C8H13NOS. The van der Waals surface area contributed by atoms with E-state index in [2.05, 4.69) is 24.6 Å². The van der Waals surface area contributed by atoms with Crippen LogP contribution in [0, 0.1) is 0 Å². The molecule has 0 fully saturated rings. The summed E-state index contributed by atoms with van der Waals surface area (Å²) in [6.07, 6.45) is 1.70. The number of thiol groups is 1. The molecule has 0 saturated carbocycles. The molecule has 0 atom stereocenters. The molecular weight excluding hydrogens is 158 g/mol. The normalized spacial score (nSPS) is 10.8. The molecule has 3 heteroatoms. The summed E-state index contributed by atoms with van der Waals surface area (Å²) < 4.78 is 5.18. The van der Waals surface area contributed by atoms with Gasteiger partial charge in [0, 0.05) is 12.3 Å². The summed E-state index contributed by atoms with van der Waals surface area (Å²) >= 11 is 4.14. The van der Waals surface area contributed by atoms with Crippen molar-refractivity contribution in [1.82, 2.24) is 4.90 Å². The lowest BCUT2D eigenvalue weighted by Crippen LogP contribution is -2.19. The van der Waals surface area contributed by atoms with Crippen LogP contribution in [0.15, 0.2) is 22.8 Å². The summed E-state index contributed by atoms with van der Waals surface area (Å²) in [7, 11) is 2.05. The van der Waals surface area contributed by atoms with Gasteiger partial charge < -0.3 is 4.42 Å². The fraction of sp³-hybridized carbons (Fsp3) is 0.500. The molecule has 0 N–H and O–H groups in total. The molecule has 0 amide bonds. The third-order valence-corrected chi connectivity index (χ3v) is 1.69. The van der Waals surface area contributed by atoms with Gasteiger partial charge >= 0.3 is 0 Å². The van der Waals surface area contributed by atoms with Gasteiger partial charge in [0.15, 0.2) is 0 Å². The summed E-state index contributed by atoms with van der Waals surface area (Å²) in [5.74, 6) is 1.89. The monoisotopic (exact) mass is 171 g/mol. The first-order chi connectivity index (χ1) is 5.33. The maximum atomic E-state index is 5.18. The molecule has 1 aromatic rings. The molecule has 1 aromatic heterocycles. The topological polar surface area (TPSA) is 16.4 Å². The number of hydrogen-bond acceptors (Lipinski definition) is 3. The third-order valence-electron chi connectivity index (χ3n) is 1.49. The van der Waals surface area contributed by atoms with Gasteiger partial charge in [-0.3, -0.25) is 4.90 Å². The van der Waals surface area contributed by atoms with Crippen molar-refractivity contribution in [2.45, 2.75) is 6.54 Å². The van der Waals surface area contributed by atoms with Crippen LogP contribution >= 0.6 is 12.6 Å². The number of nitrogens with zero attached hydrogens (tertiary/aromatic N) is 1. The van der Waals surface area contributed by atoms with E-state index >= 15 is 0 Å². The maximum absolute atomic E-state index is 5.18. The summed E-state index contributed by atoms with van der Waals surface area (Å²) in [5, 5.41) is 0. The van der Waals surface area contributed by atoms with Gasteiger partial charge in [0.1, 0.15) is 5.76 Å². The highest BCUT2D eigenvalue weighted by molar-refractivity contribution is 7.80. The van der Waals surface area contributed by atoms with Gasteiger partial charge in [0.2, 0.25) is 0 Å². The van der Waals surface area contributed by atoms with Gasteiger partial charge in [0.05, 0.1) is 12.8 Å². The van der Waals surface area contributed by atoms with Crippen LogP contribution in [0.5, 0.6) is 0 Å². The Balaban J connectivity index is 2.31. The van der Waals surface area contributed by atoms with Gasteiger partial charge in [-0.15, -0.1) is 0 Å². The minimum absolute atomic E-state index is 0.869. The van der Waals surface area contributed by atoms with Gasteiger partial charge in [-0.05, 0) is 19.2 Å². The molecule has 0 radical (unpaired) electrons. The molecule has 2 nitrogen and oxygen atoms in total. The van der Waals surface area contributed by atoms with Crippen molar-refractivity contribution in [1.29, 1.82) is 0 Å². The molecule has 0 aliphatic rings. The van der Waals surface area contributed by atoms with Gasteiger partial charge in [0.25, 0.3) is 0 Å². The van der Waals surface area contributed by atoms with Crippen molar-refractivity contribution in [2.24, 2.45) is 0 Å². The Hall–Kier alpha value is -0.410. The predicted molar refractivity (Wildman–Crippen MR) is 48.9 cm³/mol. The molecule has 0 aliphatic carbocycles. The summed E-state index contributed by atoms with van der Waals surface area (Å²) in [5.41, 5.74) is 0. The standard InChI is InChI=1S/C8H13NOS/c1-9(4-6-11)7-8-3-2-5-10-8/h2-3,5,11H,4,6-7H2,1H3. The summed E-state index contributed by atoms with van der Waals surface area (Å²) in [6, 6.07) is 3.89. The predicted octanol–water partition coefficient (Wildman–Crippen LogP) is 1.64. The first-order valence-electron chi connectivity index (χ1n) is 3.64. The summed E-state index contributed by atoms with van der Waals surface area (Å²) in [6.45, 7) is 1.86. The zero-order valence-electron chi connectivity index (χ0n) is 6.66. The molecule has 0 spiro atoms. The number of rotatable bonds is 4. The molecule has 0 unspecified atom stereocenters. The smallest absolute Gasteiger partial charge is 0.117 e. The van der Waals surface area contributed by atoms with Crippen molar-refractivity contribution < 1.29 is 4.42 Å².